The van der Waals surface area contributed by atoms with Gasteiger partial charge in [-0.2, -0.15) is 5.10 Å². The van der Waals surface area contributed by atoms with E-state index in [2.05, 4.69) is 5.10 Å². The van der Waals surface area contributed by atoms with Crippen LogP contribution in [0.25, 0.3) is 0 Å². The molecule has 0 fully saturated rings. The van der Waals surface area contributed by atoms with Crippen LogP contribution in [-0.2, 0) is 21.4 Å². The number of hydrazine groups is 1. The minimum atomic E-state index is -4.17. The monoisotopic (exact) mass is 326 g/mol. The summed E-state index contributed by atoms with van der Waals surface area (Å²) in [5.74, 6) is -1.52. The molecule has 0 bridgehead atoms. The van der Waals surface area contributed by atoms with Crippen molar-refractivity contribution < 1.29 is 17.6 Å². The van der Waals surface area contributed by atoms with Crippen LogP contribution in [-0.4, -0.2) is 24.1 Å². The Labute approximate surface area is 127 Å². The van der Waals surface area contributed by atoms with Gasteiger partial charge in [-0.05, 0) is 32.0 Å². The van der Waals surface area contributed by atoms with Crippen LogP contribution in [0.5, 0.6) is 0 Å². The van der Waals surface area contributed by atoms with E-state index in [0.29, 0.717) is 0 Å². The molecule has 0 unspecified atom stereocenters. The van der Waals surface area contributed by atoms with Crippen LogP contribution in [0.1, 0.15) is 11.4 Å². The van der Waals surface area contributed by atoms with Gasteiger partial charge < -0.3 is 0 Å². The molecule has 0 saturated carbocycles. The largest absolute Gasteiger partial charge is 0.276 e. The Morgan fingerprint density at radius 1 is 1.32 bits per heavy atom. The van der Waals surface area contributed by atoms with Crippen LogP contribution >= 0.6 is 0 Å². The summed E-state index contributed by atoms with van der Waals surface area (Å²) in [6.07, 6.45) is 0. The first-order valence-corrected chi connectivity index (χ1v) is 7.84. The van der Waals surface area contributed by atoms with Gasteiger partial charge in [0.1, 0.15) is 17.3 Å². The molecule has 0 radical (unpaired) electrons. The molecule has 0 aliphatic heterocycles. The van der Waals surface area contributed by atoms with Gasteiger partial charge in [0.05, 0.1) is 5.69 Å². The Kier molecular flexibility index (Phi) is 4.57. The summed E-state index contributed by atoms with van der Waals surface area (Å²) in [5.41, 5.74) is 3.54. The lowest BCUT2D eigenvalue weighted by Gasteiger charge is -2.09. The van der Waals surface area contributed by atoms with Crippen molar-refractivity contribution in [3.63, 3.8) is 0 Å². The van der Waals surface area contributed by atoms with E-state index in [-0.39, 0.29) is 6.54 Å². The van der Waals surface area contributed by atoms with Crippen LogP contribution < -0.4 is 10.3 Å². The van der Waals surface area contributed by atoms with E-state index < -0.39 is 26.6 Å². The number of aromatic nitrogens is 2. The highest BCUT2D eigenvalue weighted by Gasteiger charge is 2.19. The van der Waals surface area contributed by atoms with Crippen LogP contribution in [0.2, 0.25) is 0 Å². The Morgan fingerprint density at radius 2 is 2.00 bits per heavy atom. The number of hydrogen-bond acceptors (Lipinski definition) is 4. The van der Waals surface area contributed by atoms with E-state index in [4.69, 9.17) is 0 Å². The van der Waals surface area contributed by atoms with Crippen molar-refractivity contribution in [3.05, 3.63) is 47.5 Å². The summed E-state index contributed by atoms with van der Waals surface area (Å²) in [6, 6.07) is 6.67. The van der Waals surface area contributed by atoms with E-state index in [1.807, 2.05) is 10.3 Å². The van der Waals surface area contributed by atoms with Gasteiger partial charge in [0.25, 0.3) is 15.9 Å². The molecule has 1 aromatic carbocycles. The fourth-order valence-corrected chi connectivity index (χ4v) is 2.79. The van der Waals surface area contributed by atoms with Gasteiger partial charge in [-0.15, -0.1) is 4.83 Å². The zero-order valence-corrected chi connectivity index (χ0v) is 12.8. The molecule has 0 saturated heterocycles. The van der Waals surface area contributed by atoms with Crippen LogP contribution in [0.3, 0.4) is 0 Å². The summed E-state index contributed by atoms with van der Waals surface area (Å²) in [6.45, 7) is 3.40. The maximum Gasteiger partial charge on any atom is 0.260 e. The number of carbonyl (C=O) groups is 1. The zero-order valence-electron chi connectivity index (χ0n) is 12.0. The van der Waals surface area contributed by atoms with Gasteiger partial charge in [-0.3, -0.25) is 14.9 Å². The maximum atomic E-state index is 13.5. The number of aryl methyl sites for hydroxylation is 2. The zero-order chi connectivity index (χ0) is 16.3. The maximum absolute atomic E-state index is 13.5. The molecule has 0 aliphatic carbocycles. The summed E-state index contributed by atoms with van der Waals surface area (Å²) in [5, 5.41) is 4.09. The minimum absolute atomic E-state index is 0.153. The molecule has 2 rings (SSSR count). The van der Waals surface area contributed by atoms with E-state index in [9.17, 15) is 17.6 Å². The Hall–Kier alpha value is -2.26. The van der Waals surface area contributed by atoms with Gasteiger partial charge >= 0.3 is 0 Å². The molecule has 2 N–H and O–H groups in total. The normalized spacial score (nSPS) is 11.4. The highest BCUT2D eigenvalue weighted by atomic mass is 32.2. The van der Waals surface area contributed by atoms with Crippen molar-refractivity contribution in [2.24, 2.45) is 0 Å². The highest BCUT2D eigenvalue weighted by molar-refractivity contribution is 7.89. The first kappa shape index (κ1) is 16.1. The van der Waals surface area contributed by atoms with Crippen molar-refractivity contribution in [1.82, 2.24) is 20.0 Å². The van der Waals surface area contributed by atoms with Crippen molar-refractivity contribution in [2.45, 2.75) is 25.3 Å². The molecule has 1 aromatic heterocycles. The quantitative estimate of drug-likeness (QED) is 0.789. The fraction of sp³-hybridized carbons (Fsp3) is 0.231. The summed E-state index contributed by atoms with van der Waals surface area (Å²) < 4.78 is 38.7. The molecule has 2 aromatic rings. The molecule has 0 atom stereocenters. The number of halogens is 1. The van der Waals surface area contributed by atoms with Crippen LogP contribution in [0, 0.1) is 19.7 Å². The smallest absolute Gasteiger partial charge is 0.260 e. The number of sulfonamides is 1. The summed E-state index contributed by atoms with van der Waals surface area (Å²) >= 11 is 0. The third kappa shape index (κ3) is 3.68. The predicted octanol–water partition coefficient (Wildman–Crippen LogP) is 0.649. The molecule has 9 heteroatoms. The van der Waals surface area contributed by atoms with Gasteiger partial charge in [-0.1, -0.05) is 12.1 Å². The molecular weight excluding hydrogens is 311 g/mol. The van der Waals surface area contributed by atoms with Crippen molar-refractivity contribution in [1.29, 1.82) is 0 Å². The Balaban J connectivity index is 2.02. The first-order valence-electron chi connectivity index (χ1n) is 6.36. The standard InChI is InChI=1S/C13H15FN4O3S/c1-9-7-10(2)18(16-9)8-13(19)15-17-22(20,21)12-6-4-3-5-11(12)14/h3-7,17H,8H2,1-2H3,(H,15,19). The number of rotatable bonds is 5. The third-order valence-electron chi connectivity index (χ3n) is 2.85. The molecule has 0 aliphatic rings. The van der Waals surface area contributed by atoms with Gasteiger partial charge in [0.15, 0.2) is 0 Å². The summed E-state index contributed by atoms with van der Waals surface area (Å²) in [4.78, 5) is 13.1. The lowest BCUT2D eigenvalue weighted by molar-refractivity contribution is -0.122. The Morgan fingerprint density at radius 3 is 2.59 bits per heavy atom. The van der Waals surface area contributed by atoms with E-state index >= 15 is 0 Å². The van der Waals surface area contributed by atoms with E-state index in [1.165, 1.54) is 16.8 Å². The molecular formula is C13H15FN4O3S. The highest BCUT2D eigenvalue weighted by Crippen LogP contribution is 2.12. The molecule has 1 heterocycles. The summed E-state index contributed by atoms with van der Waals surface area (Å²) in [7, 11) is -4.17. The topological polar surface area (TPSA) is 93.1 Å². The van der Waals surface area contributed by atoms with Gasteiger partial charge in [0, 0.05) is 5.69 Å². The first-order chi connectivity index (χ1) is 10.3. The fourth-order valence-electron chi connectivity index (χ4n) is 1.85. The average Bonchev–Trinajstić information content (AvgIpc) is 2.75. The number of nitrogens with one attached hydrogen (secondary N) is 2. The lowest BCUT2D eigenvalue weighted by atomic mass is 10.4. The number of carbonyl (C=O) groups excluding carboxylic acids is 1. The minimum Gasteiger partial charge on any atom is -0.276 e. The van der Waals surface area contributed by atoms with Gasteiger partial charge in [-0.25, -0.2) is 12.8 Å². The van der Waals surface area contributed by atoms with Crippen molar-refractivity contribution >= 4 is 15.9 Å². The number of benzene rings is 1. The van der Waals surface area contributed by atoms with Crippen molar-refractivity contribution in [3.8, 4) is 0 Å². The van der Waals surface area contributed by atoms with Crippen LogP contribution in [0.4, 0.5) is 4.39 Å². The molecule has 0 spiro atoms. The van der Waals surface area contributed by atoms with Gasteiger partial charge in [0.2, 0.25) is 0 Å². The Bertz CT molecular complexity index is 801. The SMILES string of the molecule is Cc1cc(C)n(CC(=O)NNS(=O)(=O)c2ccccc2F)n1. The third-order valence-corrected chi connectivity index (χ3v) is 4.13. The molecule has 22 heavy (non-hydrogen) atoms. The molecule has 1 amide bonds. The van der Waals surface area contributed by atoms with E-state index in [1.54, 1.807) is 19.9 Å². The number of amides is 1. The second kappa shape index (κ2) is 6.24. The second-order valence-electron chi connectivity index (χ2n) is 4.67. The lowest BCUT2D eigenvalue weighted by Crippen LogP contribution is -2.43. The molecule has 7 nitrogen and oxygen atoms in total. The second-order valence-corrected chi connectivity index (χ2v) is 6.32. The van der Waals surface area contributed by atoms with Crippen molar-refractivity contribution in [2.75, 3.05) is 0 Å². The predicted molar refractivity (Wildman–Crippen MR) is 76.6 cm³/mol. The number of hydrogen-bond donors (Lipinski definition) is 2. The van der Waals surface area contributed by atoms with E-state index in [0.717, 1.165) is 23.5 Å². The number of nitrogens with zero attached hydrogens (tertiary/aromatic N) is 2. The molecule has 118 valence electrons. The average molecular weight is 326 g/mol. The van der Waals surface area contributed by atoms with Crippen LogP contribution in [0.15, 0.2) is 35.2 Å².